The number of nitrogens with zero attached hydrogens (tertiary/aromatic N) is 3. The predicted molar refractivity (Wildman–Crippen MR) is 98.1 cm³/mol. The molecule has 1 amide bonds. The predicted octanol–water partition coefficient (Wildman–Crippen LogP) is 2.95. The standard InChI is InChI=1S/C18H14N4O2S/c23-16-6-5-12-3-1-2-4-14(12)15(16)10-19-21-17(24)9-13-11-22-7-8-25-18(22)20-13/h1-8,10-11,23H,9H2,(H,21,24)/b19-10+. The van der Waals surface area contributed by atoms with Gasteiger partial charge >= 0.3 is 0 Å². The fraction of sp³-hybridized carbons (Fsp3) is 0.0556. The van der Waals surface area contributed by atoms with E-state index >= 15 is 0 Å². The Bertz CT molecular complexity index is 1070. The van der Waals surface area contributed by atoms with E-state index in [1.54, 1.807) is 6.07 Å². The lowest BCUT2D eigenvalue weighted by atomic mass is 10.0. The van der Waals surface area contributed by atoms with Gasteiger partial charge in [0, 0.05) is 23.3 Å². The molecular formula is C18H14N4O2S. The van der Waals surface area contributed by atoms with Gasteiger partial charge in [0.25, 0.3) is 0 Å². The minimum Gasteiger partial charge on any atom is -0.507 e. The van der Waals surface area contributed by atoms with Crippen LogP contribution in [0.3, 0.4) is 0 Å². The van der Waals surface area contributed by atoms with Gasteiger partial charge in [0.15, 0.2) is 4.96 Å². The molecule has 2 N–H and O–H groups in total. The zero-order valence-electron chi connectivity index (χ0n) is 13.1. The third-order valence-corrected chi connectivity index (χ3v) is 4.59. The molecule has 0 fully saturated rings. The van der Waals surface area contributed by atoms with Crippen LogP contribution in [-0.2, 0) is 11.2 Å². The molecule has 0 saturated heterocycles. The number of aromatic nitrogens is 2. The van der Waals surface area contributed by atoms with Gasteiger partial charge in [0.2, 0.25) is 5.91 Å². The Balaban J connectivity index is 1.48. The van der Waals surface area contributed by atoms with Crippen LogP contribution in [0.1, 0.15) is 11.3 Å². The number of amides is 1. The Morgan fingerprint density at radius 3 is 3.08 bits per heavy atom. The van der Waals surface area contributed by atoms with Gasteiger partial charge in [-0.1, -0.05) is 30.3 Å². The molecule has 4 aromatic rings. The van der Waals surface area contributed by atoms with Gasteiger partial charge in [-0.2, -0.15) is 5.10 Å². The zero-order chi connectivity index (χ0) is 17.2. The minimum absolute atomic E-state index is 0.117. The van der Waals surface area contributed by atoms with Crippen molar-refractivity contribution in [2.75, 3.05) is 0 Å². The van der Waals surface area contributed by atoms with Gasteiger partial charge in [-0.3, -0.25) is 9.20 Å². The van der Waals surface area contributed by atoms with Crippen LogP contribution in [0.15, 0.2) is 59.3 Å². The highest BCUT2D eigenvalue weighted by Crippen LogP contribution is 2.25. The molecule has 0 spiro atoms. The van der Waals surface area contributed by atoms with Crippen LogP contribution in [0.4, 0.5) is 0 Å². The Labute approximate surface area is 147 Å². The fourth-order valence-electron chi connectivity index (χ4n) is 2.65. The average Bonchev–Trinajstić information content (AvgIpc) is 3.18. The molecule has 2 aromatic heterocycles. The Hall–Kier alpha value is -3.19. The lowest BCUT2D eigenvalue weighted by molar-refractivity contribution is -0.120. The number of carbonyl (C=O) groups is 1. The molecule has 2 heterocycles. The van der Waals surface area contributed by atoms with E-state index in [0.717, 1.165) is 15.7 Å². The number of hydrogen-bond acceptors (Lipinski definition) is 5. The quantitative estimate of drug-likeness (QED) is 0.439. The summed E-state index contributed by atoms with van der Waals surface area (Å²) in [5.74, 6) is -0.146. The highest BCUT2D eigenvalue weighted by atomic mass is 32.1. The number of hydrogen-bond donors (Lipinski definition) is 2. The van der Waals surface area contributed by atoms with Gasteiger partial charge in [-0.15, -0.1) is 11.3 Å². The summed E-state index contributed by atoms with van der Waals surface area (Å²) in [6.07, 6.45) is 5.33. The first kappa shape index (κ1) is 15.3. The monoisotopic (exact) mass is 350 g/mol. The van der Waals surface area contributed by atoms with E-state index < -0.39 is 0 Å². The van der Waals surface area contributed by atoms with Gasteiger partial charge in [0.05, 0.1) is 18.3 Å². The SMILES string of the molecule is O=C(Cc1cn2ccsc2n1)N/N=C/c1c(O)ccc2ccccc12. The van der Waals surface area contributed by atoms with Crippen LogP contribution in [0, 0.1) is 0 Å². The van der Waals surface area contributed by atoms with Crippen LogP contribution >= 0.6 is 11.3 Å². The highest BCUT2D eigenvalue weighted by molar-refractivity contribution is 7.15. The molecule has 0 atom stereocenters. The maximum atomic E-state index is 12.0. The smallest absolute Gasteiger partial charge is 0.246 e. The second-order valence-electron chi connectivity index (χ2n) is 5.51. The first-order valence-electron chi connectivity index (χ1n) is 7.64. The summed E-state index contributed by atoms with van der Waals surface area (Å²) in [6.45, 7) is 0. The topological polar surface area (TPSA) is 79.0 Å². The maximum Gasteiger partial charge on any atom is 0.246 e. The van der Waals surface area contributed by atoms with E-state index in [1.807, 2.05) is 52.5 Å². The summed E-state index contributed by atoms with van der Waals surface area (Å²) >= 11 is 1.52. The lowest BCUT2D eigenvalue weighted by Crippen LogP contribution is -2.20. The Kier molecular flexibility index (Phi) is 3.91. The van der Waals surface area contributed by atoms with Gasteiger partial charge in [-0.25, -0.2) is 10.4 Å². The van der Waals surface area contributed by atoms with Crippen molar-refractivity contribution >= 4 is 39.2 Å². The van der Waals surface area contributed by atoms with E-state index in [9.17, 15) is 9.90 Å². The van der Waals surface area contributed by atoms with Crippen LogP contribution in [0.25, 0.3) is 15.7 Å². The average molecular weight is 350 g/mol. The second-order valence-corrected chi connectivity index (χ2v) is 6.39. The largest absolute Gasteiger partial charge is 0.507 e. The number of thiazole rings is 1. The number of imidazole rings is 1. The summed E-state index contributed by atoms with van der Waals surface area (Å²) in [6, 6.07) is 11.1. The second kappa shape index (κ2) is 6.37. The van der Waals surface area contributed by atoms with E-state index in [4.69, 9.17) is 0 Å². The molecule has 6 nitrogen and oxygen atoms in total. The molecule has 124 valence electrons. The van der Waals surface area contributed by atoms with Crippen LogP contribution in [0.2, 0.25) is 0 Å². The molecule has 25 heavy (non-hydrogen) atoms. The number of nitrogens with one attached hydrogen (secondary N) is 1. The number of phenolic OH excluding ortho intramolecular Hbond substituents is 1. The van der Waals surface area contributed by atoms with Gasteiger partial charge in [0.1, 0.15) is 5.75 Å². The summed E-state index contributed by atoms with van der Waals surface area (Å²) in [5.41, 5.74) is 3.74. The molecule has 0 aliphatic carbocycles. The first-order chi connectivity index (χ1) is 12.2. The van der Waals surface area contributed by atoms with Crippen LogP contribution in [0.5, 0.6) is 5.75 Å². The van der Waals surface area contributed by atoms with Crippen molar-refractivity contribution in [3.63, 3.8) is 0 Å². The van der Waals surface area contributed by atoms with Crippen molar-refractivity contribution in [2.24, 2.45) is 5.10 Å². The molecule has 0 unspecified atom stereocenters. The van der Waals surface area contributed by atoms with E-state index in [2.05, 4.69) is 15.5 Å². The van der Waals surface area contributed by atoms with Crippen LogP contribution < -0.4 is 5.43 Å². The molecule has 0 aliphatic heterocycles. The molecule has 2 aromatic carbocycles. The summed E-state index contributed by atoms with van der Waals surface area (Å²) in [7, 11) is 0. The molecular weight excluding hydrogens is 336 g/mol. The van der Waals surface area contributed by atoms with Crippen LogP contribution in [-0.4, -0.2) is 26.6 Å². The van der Waals surface area contributed by atoms with E-state index in [1.165, 1.54) is 17.6 Å². The number of hydrazone groups is 1. The molecule has 0 bridgehead atoms. The van der Waals surface area contributed by atoms with Gasteiger partial charge in [-0.05, 0) is 16.8 Å². The first-order valence-corrected chi connectivity index (χ1v) is 8.52. The van der Waals surface area contributed by atoms with Crippen molar-refractivity contribution in [3.05, 3.63) is 65.4 Å². The minimum atomic E-state index is -0.262. The molecule has 0 radical (unpaired) electrons. The van der Waals surface area contributed by atoms with Crippen molar-refractivity contribution in [3.8, 4) is 5.75 Å². The van der Waals surface area contributed by atoms with E-state index in [0.29, 0.717) is 11.3 Å². The Morgan fingerprint density at radius 2 is 2.20 bits per heavy atom. The number of phenols is 1. The number of rotatable bonds is 4. The number of carbonyl (C=O) groups excluding carboxylic acids is 1. The summed E-state index contributed by atoms with van der Waals surface area (Å²) < 4.78 is 1.88. The van der Waals surface area contributed by atoms with Gasteiger partial charge < -0.3 is 5.11 Å². The maximum absolute atomic E-state index is 12.0. The number of aromatic hydroxyl groups is 1. The third kappa shape index (κ3) is 3.09. The zero-order valence-corrected chi connectivity index (χ0v) is 13.9. The van der Waals surface area contributed by atoms with Crippen molar-refractivity contribution in [1.82, 2.24) is 14.8 Å². The fourth-order valence-corrected chi connectivity index (χ4v) is 3.37. The number of benzene rings is 2. The molecule has 0 saturated carbocycles. The highest BCUT2D eigenvalue weighted by Gasteiger charge is 2.08. The number of fused-ring (bicyclic) bond motifs is 2. The normalized spacial score (nSPS) is 11.5. The van der Waals surface area contributed by atoms with Crippen molar-refractivity contribution in [2.45, 2.75) is 6.42 Å². The lowest BCUT2D eigenvalue weighted by Gasteiger charge is -2.04. The van der Waals surface area contributed by atoms with Crippen molar-refractivity contribution in [1.29, 1.82) is 0 Å². The molecule has 0 aliphatic rings. The summed E-state index contributed by atoms with van der Waals surface area (Å²) in [4.78, 5) is 17.2. The third-order valence-electron chi connectivity index (χ3n) is 3.82. The Morgan fingerprint density at radius 1 is 1.32 bits per heavy atom. The van der Waals surface area contributed by atoms with E-state index in [-0.39, 0.29) is 18.1 Å². The van der Waals surface area contributed by atoms with Crippen molar-refractivity contribution < 1.29 is 9.90 Å². The summed E-state index contributed by atoms with van der Waals surface area (Å²) in [5, 5.41) is 17.8. The molecule has 4 rings (SSSR count). The molecule has 7 heteroatoms.